The number of carboxylic acid groups (broad SMARTS) is 1. The van der Waals surface area contributed by atoms with Crippen molar-refractivity contribution in [3.05, 3.63) is 94.5 Å². The van der Waals surface area contributed by atoms with E-state index in [-0.39, 0.29) is 5.92 Å². The van der Waals surface area contributed by atoms with Crippen molar-refractivity contribution in [1.29, 1.82) is 0 Å². The van der Waals surface area contributed by atoms with E-state index in [1.807, 2.05) is 61.5 Å². The van der Waals surface area contributed by atoms with Crippen LogP contribution in [0.4, 0.5) is 0 Å². The predicted octanol–water partition coefficient (Wildman–Crippen LogP) is 6.12. The van der Waals surface area contributed by atoms with Crippen LogP contribution in [0.15, 0.2) is 66.7 Å². The van der Waals surface area contributed by atoms with Gasteiger partial charge >= 0.3 is 5.97 Å². The zero-order valence-electron chi connectivity index (χ0n) is 21.0. The Kier molecular flexibility index (Phi) is 9.32. The van der Waals surface area contributed by atoms with Crippen molar-refractivity contribution in [3.63, 3.8) is 0 Å². The molecule has 0 amide bonds. The second-order valence-electron chi connectivity index (χ2n) is 9.14. The van der Waals surface area contributed by atoms with Crippen molar-refractivity contribution >= 4 is 5.97 Å². The number of aliphatic hydroxyl groups excluding tert-OH is 1. The molecule has 3 aromatic carbocycles. The largest absolute Gasteiger partial charge is 0.496 e. The molecule has 3 aromatic rings. The Morgan fingerprint density at radius 3 is 2.03 bits per heavy atom. The van der Waals surface area contributed by atoms with Crippen LogP contribution in [-0.2, 0) is 17.6 Å². The molecular weight excluding hydrogens is 440 g/mol. The molecule has 3 unspecified atom stereocenters. The molecule has 5 heteroatoms. The maximum absolute atomic E-state index is 11.5. The van der Waals surface area contributed by atoms with Gasteiger partial charge in [0.2, 0.25) is 0 Å². The van der Waals surface area contributed by atoms with Crippen molar-refractivity contribution < 1.29 is 24.5 Å². The second-order valence-corrected chi connectivity index (χ2v) is 9.14. The van der Waals surface area contributed by atoms with Gasteiger partial charge in [-0.3, -0.25) is 4.79 Å². The van der Waals surface area contributed by atoms with E-state index in [1.54, 1.807) is 21.1 Å². The molecule has 186 valence electrons. The van der Waals surface area contributed by atoms with Gasteiger partial charge in [-0.05, 0) is 79.8 Å². The SMILES string of the molecule is COc1cc(C(O)C(CCCc2ccccc2)Cc2ccc(C(C)C(=O)O)cc2)cc(OC)c1C. The van der Waals surface area contributed by atoms with Crippen LogP contribution >= 0.6 is 0 Å². The molecule has 3 atom stereocenters. The van der Waals surface area contributed by atoms with Gasteiger partial charge in [0, 0.05) is 5.56 Å². The summed E-state index contributed by atoms with van der Waals surface area (Å²) in [7, 11) is 3.24. The summed E-state index contributed by atoms with van der Waals surface area (Å²) < 4.78 is 11.1. The number of aliphatic hydroxyl groups is 1. The van der Waals surface area contributed by atoms with Gasteiger partial charge in [0.1, 0.15) is 11.5 Å². The number of methoxy groups -OCH3 is 2. The Hall–Kier alpha value is -3.31. The van der Waals surface area contributed by atoms with E-state index in [4.69, 9.17) is 9.47 Å². The summed E-state index contributed by atoms with van der Waals surface area (Å²) in [5.74, 6) is -0.0431. The fourth-order valence-electron chi connectivity index (χ4n) is 4.52. The van der Waals surface area contributed by atoms with Crippen LogP contribution in [0.3, 0.4) is 0 Å². The third-order valence-electron chi connectivity index (χ3n) is 6.79. The number of carbonyl (C=O) groups is 1. The Bertz CT molecular complexity index is 1070. The fraction of sp³-hybridized carbons (Fsp3) is 0.367. The first-order valence-electron chi connectivity index (χ1n) is 12.1. The van der Waals surface area contributed by atoms with Gasteiger partial charge in [0.15, 0.2) is 0 Å². The molecular formula is C30H36O5. The molecule has 3 rings (SSSR count). The highest BCUT2D eigenvalue weighted by Gasteiger charge is 2.24. The summed E-state index contributed by atoms with van der Waals surface area (Å²) >= 11 is 0. The zero-order chi connectivity index (χ0) is 25.4. The van der Waals surface area contributed by atoms with Crippen LogP contribution in [0.25, 0.3) is 0 Å². The normalized spacial score (nSPS) is 13.6. The van der Waals surface area contributed by atoms with E-state index in [0.29, 0.717) is 17.9 Å². The van der Waals surface area contributed by atoms with E-state index in [0.717, 1.165) is 41.5 Å². The van der Waals surface area contributed by atoms with Gasteiger partial charge in [-0.1, -0.05) is 54.6 Å². The Labute approximate surface area is 208 Å². The highest BCUT2D eigenvalue weighted by molar-refractivity contribution is 5.75. The molecule has 0 aliphatic heterocycles. The molecule has 0 aliphatic carbocycles. The summed E-state index contributed by atoms with van der Waals surface area (Å²) in [6, 6.07) is 21.9. The number of carboxylic acids is 1. The standard InChI is InChI=1S/C30H36O5/c1-20(30(32)33)24-15-13-23(14-16-24)17-25(12-8-11-22-9-6-5-7-10-22)29(31)26-18-27(34-3)21(2)28(19-26)35-4/h5-7,9-10,13-16,18-20,25,29,31H,8,11-12,17H2,1-4H3,(H,32,33). The van der Waals surface area contributed by atoms with Gasteiger partial charge < -0.3 is 19.7 Å². The van der Waals surface area contributed by atoms with Crippen LogP contribution in [0.1, 0.15) is 59.6 Å². The predicted molar refractivity (Wildman–Crippen MR) is 138 cm³/mol. The highest BCUT2D eigenvalue weighted by Crippen LogP contribution is 2.37. The lowest BCUT2D eigenvalue weighted by atomic mass is 9.84. The van der Waals surface area contributed by atoms with Crippen LogP contribution in [-0.4, -0.2) is 30.4 Å². The minimum atomic E-state index is -0.839. The van der Waals surface area contributed by atoms with Gasteiger partial charge in [0.05, 0.1) is 26.2 Å². The summed E-state index contributed by atoms with van der Waals surface area (Å²) in [4.78, 5) is 11.3. The third kappa shape index (κ3) is 6.86. The smallest absolute Gasteiger partial charge is 0.310 e. The van der Waals surface area contributed by atoms with E-state index >= 15 is 0 Å². The first-order chi connectivity index (χ1) is 16.8. The monoisotopic (exact) mass is 476 g/mol. The number of rotatable bonds is 12. The minimum absolute atomic E-state index is 0.0291. The third-order valence-corrected chi connectivity index (χ3v) is 6.79. The molecule has 0 saturated heterocycles. The number of aliphatic carboxylic acids is 1. The van der Waals surface area contributed by atoms with E-state index in [9.17, 15) is 15.0 Å². The molecule has 0 radical (unpaired) electrons. The molecule has 2 N–H and O–H groups in total. The quantitative estimate of drug-likeness (QED) is 0.330. The summed E-state index contributed by atoms with van der Waals surface area (Å²) in [5, 5.41) is 20.8. The van der Waals surface area contributed by atoms with Gasteiger partial charge in [-0.15, -0.1) is 0 Å². The molecule has 0 aromatic heterocycles. The molecule has 0 spiro atoms. The Balaban J connectivity index is 1.83. The zero-order valence-corrected chi connectivity index (χ0v) is 21.0. The summed E-state index contributed by atoms with van der Waals surface area (Å²) in [5.41, 5.74) is 4.79. The van der Waals surface area contributed by atoms with Crippen molar-refractivity contribution in [2.45, 2.75) is 51.6 Å². The number of benzene rings is 3. The topological polar surface area (TPSA) is 76.0 Å². The maximum Gasteiger partial charge on any atom is 0.310 e. The molecule has 0 bridgehead atoms. The Morgan fingerprint density at radius 2 is 1.49 bits per heavy atom. The molecule has 0 fully saturated rings. The fourth-order valence-corrected chi connectivity index (χ4v) is 4.52. The average molecular weight is 477 g/mol. The number of ether oxygens (including phenoxy) is 2. The van der Waals surface area contributed by atoms with Gasteiger partial charge in [-0.2, -0.15) is 0 Å². The summed E-state index contributed by atoms with van der Waals surface area (Å²) in [6.45, 7) is 3.62. The van der Waals surface area contributed by atoms with Crippen molar-refractivity contribution in [3.8, 4) is 11.5 Å². The summed E-state index contributed by atoms with van der Waals surface area (Å²) in [6.07, 6.45) is 2.70. The first kappa shape index (κ1) is 26.3. The average Bonchev–Trinajstić information content (AvgIpc) is 2.88. The molecule has 35 heavy (non-hydrogen) atoms. The lowest BCUT2D eigenvalue weighted by molar-refractivity contribution is -0.138. The molecule has 0 heterocycles. The van der Waals surface area contributed by atoms with Crippen molar-refractivity contribution in [2.24, 2.45) is 5.92 Å². The number of hydrogen-bond donors (Lipinski definition) is 2. The van der Waals surface area contributed by atoms with E-state index in [1.165, 1.54) is 5.56 Å². The highest BCUT2D eigenvalue weighted by atomic mass is 16.5. The van der Waals surface area contributed by atoms with Gasteiger partial charge in [0.25, 0.3) is 0 Å². The number of hydrogen-bond acceptors (Lipinski definition) is 4. The lowest BCUT2D eigenvalue weighted by Gasteiger charge is -2.25. The second kappa shape index (κ2) is 12.4. The van der Waals surface area contributed by atoms with E-state index < -0.39 is 18.0 Å². The molecule has 0 aliphatic rings. The first-order valence-corrected chi connectivity index (χ1v) is 12.1. The Morgan fingerprint density at radius 1 is 0.886 bits per heavy atom. The van der Waals surface area contributed by atoms with Crippen LogP contribution in [0, 0.1) is 12.8 Å². The van der Waals surface area contributed by atoms with Crippen molar-refractivity contribution in [2.75, 3.05) is 14.2 Å². The lowest BCUT2D eigenvalue weighted by Crippen LogP contribution is -2.17. The van der Waals surface area contributed by atoms with Crippen LogP contribution in [0.5, 0.6) is 11.5 Å². The van der Waals surface area contributed by atoms with Crippen LogP contribution < -0.4 is 9.47 Å². The number of aryl methyl sites for hydroxylation is 1. The molecule has 5 nitrogen and oxygen atoms in total. The van der Waals surface area contributed by atoms with Crippen molar-refractivity contribution in [1.82, 2.24) is 0 Å². The minimum Gasteiger partial charge on any atom is -0.496 e. The maximum atomic E-state index is 11.5. The van der Waals surface area contributed by atoms with Gasteiger partial charge in [-0.25, -0.2) is 0 Å². The molecule has 0 saturated carbocycles. The van der Waals surface area contributed by atoms with Crippen LogP contribution in [0.2, 0.25) is 0 Å². The van der Waals surface area contributed by atoms with E-state index in [2.05, 4.69) is 12.1 Å².